The molecule has 1 saturated carbocycles. The third-order valence-electron chi connectivity index (χ3n) is 3.46. The third-order valence-corrected chi connectivity index (χ3v) is 3.46. The van der Waals surface area contributed by atoms with Crippen molar-refractivity contribution in [3.05, 3.63) is 0 Å². The Hall–Kier alpha value is -0.0800. The van der Waals surface area contributed by atoms with Gasteiger partial charge in [0, 0.05) is 0 Å². The molecular weight excluding hydrogens is 188 g/mol. The molecule has 0 spiro atoms. The Kier molecular flexibility index (Phi) is 6.26. The standard InChI is InChI=1S/C13H26O2/c1-3-6-12(14)10-15-13-8-5-7-11(4-2)9-13/h11-14H,3-10H2,1-2H3. The third kappa shape index (κ3) is 4.98. The zero-order valence-corrected chi connectivity index (χ0v) is 10.2. The smallest absolute Gasteiger partial charge is 0.0773 e. The normalized spacial score (nSPS) is 29.0. The second kappa shape index (κ2) is 7.24. The Bertz CT molecular complexity index is 159. The van der Waals surface area contributed by atoms with E-state index in [4.69, 9.17) is 4.74 Å². The molecular formula is C13H26O2. The minimum absolute atomic E-state index is 0.253. The molecule has 0 aromatic carbocycles. The van der Waals surface area contributed by atoms with Crippen molar-refractivity contribution >= 4 is 0 Å². The summed E-state index contributed by atoms with van der Waals surface area (Å²) in [5.41, 5.74) is 0. The highest BCUT2D eigenvalue weighted by molar-refractivity contribution is 4.73. The average Bonchev–Trinajstić information content (AvgIpc) is 2.27. The van der Waals surface area contributed by atoms with Gasteiger partial charge in [-0.3, -0.25) is 0 Å². The van der Waals surface area contributed by atoms with E-state index in [0.717, 1.165) is 18.8 Å². The van der Waals surface area contributed by atoms with Gasteiger partial charge in [-0.1, -0.05) is 39.5 Å². The molecule has 3 unspecified atom stereocenters. The Labute approximate surface area is 94.0 Å². The molecule has 0 aromatic heterocycles. The first kappa shape index (κ1) is 13.0. The van der Waals surface area contributed by atoms with Crippen LogP contribution in [-0.2, 0) is 4.74 Å². The van der Waals surface area contributed by atoms with Crippen molar-refractivity contribution in [2.75, 3.05) is 6.61 Å². The average molecular weight is 214 g/mol. The molecule has 0 amide bonds. The molecule has 90 valence electrons. The van der Waals surface area contributed by atoms with Crippen molar-refractivity contribution < 1.29 is 9.84 Å². The molecule has 2 heteroatoms. The van der Waals surface area contributed by atoms with Gasteiger partial charge in [-0.25, -0.2) is 0 Å². The van der Waals surface area contributed by atoms with Crippen molar-refractivity contribution in [3.8, 4) is 0 Å². The van der Waals surface area contributed by atoms with Crippen LogP contribution in [0.3, 0.4) is 0 Å². The zero-order chi connectivity index (χ0) is 11.1. The van der Waals surface area contributed by atoms with Crippen LogP contribution in [0.15, 0.2) is 0 Å². The van der Waals surface area contributed by atoms with Gasteiger partial charge in [0.25, 0.3) is 0 Å². The van der Waals surface area contributed by atoms with Gasteiger partial charge >= 0.3 is 0 Å². The van der Waals surface area contributed by atoms with Crippen molar-refractivity contribution in [1.29, 1.82) is 0 Å². The van der Waals surface area contributed by atoms with Crippen LogP contribution < -0.4 is 0 Å². The second-order valence-electron chi connectivity index (χ2n) is 4.84. The molecule has 15 heavy (non-hydrogen) atoms. The van der Waals surface area contributed by atoms with Crippen LogP contribution in [0.5, 0.6) is 0 Å². The first-order chi connectivity index (χ1) is 7.26. The second-order valence-corrected chi connectivity index (χ2v) is 4.84. The maximum absolute atomic E-state index is 9.58. The highest BCUT2D eigenvalue weighted by atomic mass is 16.5. The van der Waals surface area contributed by atoms with E-state index in [2.05, 4.69) is 13.8 Å². The van der Waals surface area contributed by atoms with Crippen molar-refractivity contribution in [3.63, 3.8) is 0 Å². The Balaban J connectivity index is 2.14. The van der Waals surface area contributed by atoms with Crippen molar-refractivity contribution in [1.82, 2.24) is 0 Å². The van der Waals surface area contributed by atoms with Gasteiger partial charge in [0.1, 0.15) is 0 Å². The lowest BCUT2D eigenvalue weighted by Crippen LogP contribution is -2.26. The summed E-state index contributed by atoms with van der Waals surface area (Å²) in [7, 11) is 0. The molecule has 1 rings (SSSR count). The largest absolute Gasteiger partial charge is 0.391 e. The Morgan fingerprint density at radius 3 is 2.80 bits per heavy atom. The van der Waals surface area contributed by atoms with Gasteiger partial charge in [0.15, 0.2) is 0 Å². The summed E-state index contributed by atoms with van der Waals surface area (Å²) in [6.07, 6.45) is 8.40. The first-order valence-corrected chi connectivity index (χ1v) is 6.55. The van der Waals surface area contributed by atoms with Crippen LogP contribution in [0.1, 0.15) is 58.8 Å². The number of aliphatic hydroxyl groups excluding tert-OH is 1. The molecule has 3 atom stereocenters. The summed E-state index contributed by atoms with van der Waals surface area (Å²) >= 11 is 0. The predicted molar refractivity (Wildman–Crippen MR) is 62.9 cm³/mol. The van der Waals surface area contributed by atoms with Crippen molar-refractivity contribution in [2.45, 2.75) is 71.0 Å². The van der Waals surface area contributed by atoms with Crippen LogP contribution in [-0.4, -0.2) is 23.9 Å². The van der Waals surface area contributed by atoms with Gasteiger partial charge in [-0.15, -0.1) is 0 Å². The number of hydrogen-bond acceptors (Lipinski definition) is 2. The highest BCUT2D eigenvalue weighted by Gasteiger charge is 2.21. The van der Waals surface area contributed by atoms with E-state index in [9.17, 15) is 5.11 Å². The summed E-state index contributed by atoms with van der Waals surface area (Å²) in [6, 6.07) is 0. The Morgan fingerprint density at radius 1 is 1.33 bits per heavy atom. The van der Waals surface area contributed by atoms with Crippen LogP contribution in [0, 0.1) is 5.92 Å². The monoisotopic (exact) mass is 214 g/mol. The fourth-order valence-electron chi connectivity index (χ4n) is 2.43. The van der Waals surface area contributed by atoms with E-state index >= 15 is 0 Å². The van der Waals surface area contributed by atoms with Crippen LogP contribution in [0.2, 0.25) is 0 Å². The van der Waals surface area contributed by atoms with Crippen molar-refractivity contribution in [2.24, 2.45) is 5.92 Å². The first-order valence-electron chi connectivity index (χ1n) is 6.55. The van der Waals surface area contributed by atoms with Gasteiger partial charge < -0.3 is 9.84 Å². The van der Waals surface area contributed by atoms with E-state index in [1.807, 2.05) is 0 Å². The molecule has 1 aliphatic carbocycles. The number of hydrogen-bond donors (Lipinski definition) is 1. The van der Waals surface area contributed by atoms with Crippen LogP contribution >= 0.6 is 0 Å². The summed E-state index contributed by atoms with van der Waals surface area (Å²) in [4.78, 5) is 0. The summed E-state index contributed by atoms with van der Waals surface area (Å²) in [5.74, 6) is 0.854. The van der Waals surface area contributed by atoms with E-state index in [1.54, 1.807) is 0 Å². The fourth-order valence-corrected chi connectivity index (χ4v) is 2.43. The molecule has 0 aliphatic heterocycles. The molecule has 1 fully saturated rings. The molecule has 0 saturated heterocycles. The maximum Gasteiger partial charge on any atom is 0.0773 e. The quantitative estimate of drug-likeness (QED) is 0.736. The minimum Gasteiger partial charge on any atom is -0.391 e. The minimum atomic E-state index is -0.253. The molecule has 0 radical (unpaired) electrons. The molecule has 2 nitrogen and oxygen atoms in total. The summed E-state index contributed by atoms with van der Waals surface area (Å²) in [5, 5.41) is 9.58. The summed E-state index contributed by atoms with van der Waals surface area (Å²) in [6.45, 7) is 4.89. The van der Waals surface area contributed by atoms with Crippen LogP contribution in [0.25, 0.3) is 0 Å². The molecule has 0 heterocycles. The number of rotatable bonds is 6. The van der Waals surface area contributed by atoms with Gasteiger partial charge in [0.05, 0.1) is 18.8 Å². The van der Waals surface area contributed by atoms with Gasteiger partial charge in [0.2, 0.25) is 0 Å². The summed E-state index contributed by atoms with van der Waals surface area (Å²) < 4.78 is 5.78. The molecule has 0 bridgehead atoms. The molecule has 1 N–H and O–H groups in total. The number of aliphatic hydroxyl groups is 1. The van der Waals surface area contributed by atoms with E-state index in [0.29, 0.717) is 12.7 Å². The van der Waals surface area contributed by atoms with E-state index < -0.39 is 0 Å². The molecule has 0 aromatic rings. The predicted octanol–water partition coefficient (Wildman–Crippen LogP) is 3.13. The fraction of sp³-hybridized carbons (Fsp3) is 1.00. The van der Waals surface area contributed by atoms with E-state index in [-0.39, 0.29) is 6.10 Å². The zero-order valence-electron chi connectivity index (χ0n) is 10.2. The maximum atomic E-state index is 9.58. The highest BCUT2D eigenvalue weighted by Crippen LogP contribution is 2.28. The van der Waals surface area contributed by atoms with Gasteiger partial charge in [-0.2, -0.15) is 0 Å². The Morgan fingerprint density at radius 2 is 2.13 bits per heavy atom. The lowest BCUT2D eigenvalue weighted by Gasteiger charge is -2.29. The number of ether oxygens (including phenoxy) is 1. The lowest BCUT2D eigenvalue weighted by molar-refractivity contribution is -0.0351. The van der Waals surface area contributed by atoms with Crippen LogP contribution in [0.4, 0.5) is 0 Å². The van der Waals surface area contributed by atoms with E-state index in [1.165, 1.54) is 32.1 Å². The molecule has 1 aliphatic rings. The van der Waals surface area contributed by atoms with Gasteiger partial charge in [-0.05, 0) is 25.2 Å². The topological polar surface area (TPSA) is 29.5 Å². The lowest BCUT2D eigenvalue weighted by atomic mass is 9.85. The SMILES string of the molecule is CCCC(O)COC1CCCC(CC)C1.